The van der Waals surface area contributed by atoms with Crippen molar-refractivity contribution < 1.29 is 14.6 Å². The predicted molar refractivity (Wildman–Crippen MR) is 63.2 cm³/mol. The third-order valence-electron chi connectivity index (χ3n) is 2.49. The Morgan fingerprint density at radius 2 is 2.00 bits per heavy atom. The van der Waals surface area contributed by atoms with Gasteiger partial charge in [-0.3, -0.25) is 0 Å². The van der Waals surface area contributed by atoms with Gasteiger partial charge in [-0.1, -0.05) is 39.8 Å². The number of benzene rings is 1. The molecular formula is C13H18O3. The molecule has 0 aliphatic rings. The molecule has 0 aliphatic heterocycles. The maximum atomic E-state index is 10.6. The fourth-order valence-corrected chi connectivity index (χ4v) is 1.82. The molecule has 0 heterocycles. The summed E-state index contributed by atoms with van der Waals surface area (Å²) in [4.78, 5) is 10.6. The Kier molecular flexibility index (Phi) is 3.58. The quantitative estimate of drug-likeness (QED) is 0.614. The van der Waals surface area contributed by atoms with Gasteiger partial charge < -0.3 is 9.84 Å². The van der Waals surface area contributed by atoms with Crippen molar-refractivity contribution in [2.45, 2.75) is 39.5 Å². The second-order valence-corrected chi connectivity index (χ2v) is 4.75. The molecule has 16 heavy (non-hydrogen) atoms. The molecule has 0 amide bonds. The summed E-state index contributed by atoms with van der Waals surface area (Å²) in [6, 6.07) is 5.55. The monoisotopic (exact) mass is 222 g/mol. The Morgan fingerprint density at radius 3 is 2.44 bits per heavy atom. The van der Waals surface area contributed by atoms with Gasteiger partial charge in [-0.05, 0) is 29.0 Å². The van der Waals surface area contributed by atoms with Crippen molar-refractivity contribution >= 4 is 6.16 Å². The van der Waals surface area contributed by atoms with Crippen molar-refractivity contribution in [1.29, 1.82) is 0 Å². The van der Waals surface area contributed by atoms with Crippen LogP contribution in [0.3, 0.4) is 0 Å². The van der Waals surface area contributed by atoms with Gasteiger partial charge in [0.15, 0.2) is 0 Å². The minimum Gasteiger partial charge on any atom is -0.449 e. The highest BCUT2D eigenvalue weighted by Gasteiger charge is 2.20. The van der Waals surface area contributed by atoms with Crippen molar-refractivity contribution in [3.05, 3.63) is 29.3 Å². The summed E-state index contributed by atoms with van der Waals surface area (Å²) in [5.74, 6) is 0.447. The SMILES string of the molecule is CCc1c(OC(=O)O)cccc1C(C)(C)C. The van der Waals surface area contributed by atoms with E-state index in [9.17, 15) is 4.79 Å². The maximum absolute atomic E-state index is 10.6. The second-order valence-electron chi connectivity index (χ2n) is 4.75. The molecule has 88 valence electrons. The molecule has 0 aromatic heterocycles. The van der Waals surface area contributed by atoms with E-state index in [1.54, 1.807) is 6.07 Å². The molecule has 1 N–H and O–H groups in total. The summed E-state index contributed by atoms with van der Waals surface area (Å²) in [6.45, 7) is 8.31. The van der Waals surface area contributed by atoms with Gasteiger partial charge in [0.05, 0.1) is 0 Å². The molecule has 0 radical (unpaired) electrons. The first kappa shape index (κ1) is 12.6. The van der Waals surface area contributed by atoms with Crippen LogP contribution < -0.4 is 4.74 Å². The highest BCUT2D eigenvalue weighted by Crippen LogP contribution is 2.32. The van der Waals surface area contributed by atoms with Crippen LogP contribution in [0.15, 0.2) is 18.2 Å². The number of hydrogen-bond acceptors (Lipinski definition) is 2. The van der Waals surface area contributed by atoms with Gasteiger partial charge in [0.2, 0.25) is 0 Å². The van der Waals surface area contributed by atoms with Crippen molar-refractivity contribution in [2.24, 2.45) is 0 Å². The van der Waals surface area contributed by atoms with Crippen LogP contribution in [0.2, 0.25) is 0 Å². The highest BCUT2D eigenvalue weighted by atomic mass is 16.7. The molecule has 0 unspecified atom stereocenters. The van der Waals surface area contributed by atoms with Crippen LogP contribution in [0, 0.1) is 0 Å². The highest BCUT2D eigenvalue weighted by molar-refractivity contribution is 5.62. The smallest absolute Gasteiger partial charge is 0.449 e. The topological polar surface area (TPSA) is 46.5 Å². The lowest BCUT2D eigenvalue weighted by Gasteiger charge is -2.23. The first-order valence-electron chi connectivity index (χ1n) is 5.39. The summed E-state index contributed by atoms with van der Waals surface area (Å²) >= 11 is 0. The van der Waals surface area contributed by atoms with Gasteiger partial charge in [-0.2, -0.15) is 0 Å². The molecule has 0 saturated carbocycles. The minimum atomic E-state index is -1.26. The number of rotatable bonds is 2. The van der Waals surface area contributed by atoms with E-state index >= 15 is 0 Å². The zero-order valence-corrected chi connectivity index (χ0v) is 10.2. The molecule has 3 nitrogen and oxygen atoms in total. The lowest BCUT2D eigenvalue weighted by Crippen LogP contribution is -2.15. The molecule has 1 aromatic carbocycles. The van der Waals surface area contributed by atoms with Gasteiger partial charge >= 0.3 is 6.16 Å². The zero-order valence-electron chi connectivity index (χ0n) is 10.2. The summed E-state index contributed by atoms with van der Waals surface area (Å²) in [6.07, 6.45) is -0.503. The molecule has 3 heteroatoms. The first-order chi connectivity index (χ1) is 7.36. The maximum Gasteiger partial charge on any atom is 0.511 e. The Bertz CT molecular complexity index is 389. The van der Waals surface area contributed by atoms with E-state index in [0.717, 1.165) is 17.5 Å². The van der Waals surface area contributed by atoms with Gasteiger partial charge in [-0.25, -0.2) is 4.79 Å². The molecule has 0 bridgehead atoms. The van der Waals surface area contributed by atoms with Crippen molar-refractivity contribution in [1.82, 2.24) is 0 Å². The van der Waals surface area contributed by atoms with E-state index < -0.39 is 6.16 Å². The predicted octanol–water partition coefficient (Wildman–Crippen LogP) is 3.60. The number of hydrogen-bond donors (Lipinski definition) is 1. The Morgan fingerprint density at radius 1 is 1.38 bits per heavy atom. The molecular weight excluding hydrogens is 204 g/mol. The largest absolute Gasteiger partial charge is 0.511 e. The number of carbonyl (C=O) groups is 1. The second kappa shape index (κ2) is 4.56. The van der Waals surface area contributed by atoms with Crippen LogP contribution in [0.25, 0.3) is 0 Å². The van der Waals surface area contributed by atoms with Gasteiger partial charge in [0.1, 0.15) is 5.75 Å². The fourth-order valence-electron chi connectivity index (χ4n) is 1.82. The van der Waals surface area contributed by atoms with Gasteiger partial charge in [0.25, 0.3) is 0 Å². The van der Waals surface area contributed by atoms with Crippen molar-refractivity contribution in [2.75, 3.05) is 0 Å². The van der Waals surface area contributed by atoms with Crippen LogP contribution in [0.4, 0.5) is 4.79 Å². The van der Waals surface area contributed by atoms with Gasteiger partial charge in [0, 0.05) is 0 Å². The van der Waals surface area contributed by atoms with E-state index in [0.29, 0.717) is 5.75 Å². The normalized spacial score (nSPS) is 11.2. The van der Waals surface area contributed by atoms with E-state index in [4.69, 9.17) is 9.84 Å². The standard InChI is InChI=1S/C13H18O3/c1-5-9-10(13(2,3)4)7-6-8-11(9)16-12(14)15/h6-8H,5H2,1-4H3,(H,14,15). The van der Waals surface area contributed by atoms with Crippen LogP contribution >= 0.6 is 0 Å². The number of carboxylic acid groups (broad SMARTS) is 1. The average Bonchev–Trinajstić information content (AvgIpc) is 2.15. The van der Waals surface area contributed by atoms with Gasteiger partial charge in [-0.15, -0.1) is 0 Å². The third kappa shape index (κ3) is 2.75. The van der Waals surface area contributed by atoms with E-state index in [2.05, 4.69) is 20.8 Å². The molecule has 1 aromatic rings. The van der Waals surface area contributed by atoms with Crippen LogP contribution in [-0.4, -0.2) is 11.3 Å². The van der Waals surface area contributed by atoms with Crippen LogP contribution in [0.5, 0.6) is 5.75 Å². The first-order valence-corrected chi connectivity index (χ1v) is 5.39. The fraction of sp³-hybridized carbons (Fsp3) is 0.462. The minimum absolute atomic E-state index is 0.0107. The Labute approximate surface area is 96.1 Å². The molecule has 1 rings (SSSR count). The lowest BCUT2D eigenvalue weighted by molar-refractivity contribution is 0.144. The summed E-state index contributed by atoms with van der Waals surface area (Å²) in [5, 5.41) is 8.66. The summed E-state index contributed by atoms with van der Waals surface area (Å²) in [7, 11) is 0. The molecule has 0 atom stereocenters. The summed E-state index contributed by atoms with van der Waals surface area (Å²) < 4.78 is 4.79. The van der Waals surface area contributed by atoms with Crippen LogP contribution in [0.1, 0.15) is 38.8 Å². The lowest BCUT2D eigenvalue weighted by atomic mass is 9.83. The van der Waals surface area contributed by atoms with E-state index in [-0.39, 0.29) is 5.41 Å². The Hall–Kier alpha value is -1.51. The average molecular weight is 222 g/mol. The zero-order chi connectivity index (χ0) is 12.3. The third-order valence-corrected chi connectivity index (χ3v) is 2.49. The molecule has 0 spiro atoms. The Balaban J connectivity index is 3.26. The van der Waals surface area contributed by atoms with E-state index in [1.807, 2.05) is 19.1 Å². The van der Waals surface area contributed by atoms with E-state index in [1.165, 1.54) is 0 Å². The molecule has 0 saturated heterocycles. The summed E-state index contributed by atoms with van der Waals surface area (Å²) in [5.41, 5.74) is 2.09. The molecule has 0 fully saturated rings. The van der Waals surface area contributed by atoms with Crippen molar-refractivity contribution in [3.8, 4) is 5.75 Å². The number of ether oxygens (including phenoxy) is 1. The molecule has 0 aliphatic carbocycles. The van der Waals surface area contributed by atoms with Crippen molar-refractivity contribution in [3.63, 3.8) is 0 Å². The van der Waals surface area contributed by atoms with Crippen LogP contribution in [-0.2, 0) is 11.8 Å².